The standard InChI is InChI=1S/C11H12N4O3/c1-7-13-10(15(16)17)11(14(7)2)18-9-5-3-4-8(12)6-9/h3-6H,12H2,1-2H3. The third-order valence-corrected chi connectivity index (χ3v) is 2.49. The molecule has 0 aliphatic heterocycles. The van der Waals surface area contributed by atoms with Crippen LogP contribution >= 0.6 is 0 Å². The van der Waals surface area contributed by atoms with E-state index < -0.39 is 4.92 Å². The first-order chi connectivity index (χ1) is 8.49. The van der Waals surface area contributed by atoms with Crippen molar-refractivity contribution >= 4 is 11.5 Å². The maximum Gasteiger partial charge on any atom is 0.427 e. The van der Waals surface area contributed by atoms with Crippen LogP contribution in [0.1, 0.15) is 5.82 Å². The van der Waals surface area contributed by atoms with Crippen LogP contribution in [-0.2, 0) is 7.05 Å². The molecule has 1 heterocycles. The molecule has 0 amide bonds. The highest BCUT2D eigenvalue weighted by Gasteiger charge is 2.25. The number of hydrogen-bond acceptors (Lipinski definition) is 5. The van der Waals surface area contributed by atoms with E-state index >= 15 is 0 Å². The van der Waals surface area contributed by atoms with Crippen LogP contribution in [0, 0.1) is 17.0 Å². The van der Waals surface area contributed by atoms with E-state index in [1.165, 1.54) is 4.57 Å². The second-order valence-electron chi connectivity index (χ2n) is 3.78. The van der Waals surface area contributed by atoms with Crippen molar-refractivity contribution in [3.05, 3.63) is 40.2 Å². The molecule has 0 atom stereocenters. The summed E-state index contributed by atoms with van der Waals surface area (Å²) in [5, 5.41) is 10.9. The zero-order valence-corrected chi connectivity index (χ0v) is 9.95. The Balaban J connectivity index is 2.42. The first kappa shape index (κ1) is 11.9. The van der Waals surface area contributed by atoms with E-state index in [4.69, 9.17) is 10.5 Å². The van der Waals surface area contributed by atoms with Gasteiger partial charge < -0.3 is 20.6 Å². The Hall–Kier alpha value is -2.57. The number of anilines is 1. The summed E-state index contributed by atoms with van der Waals surface area (Å²) >= 11 is 0. The van der Waals surface area contributed by atoms with Gasteiger partial charge in [0.15, 0.2) is 0 Å². The SMILES string of the molecule is Cc1nc([N+](=O)[O-])c(Oc2cccc(N)c2)n1C. The molecular formula is C11H12N4O3. The number of aromatic nitrogens is 2. The molecule has 0 saturated carbocycles. The summed E-state index contributed by atoms with van der Waals surface area (Å²) in [6.07, 6.45) is 0. The molecule has 7 nitrogen and oxygen atoms in total. The number of aryl methyl sites for hydroxylation is 1. The Morgan fingerprint density at radius 3 is 2.83 bits per heavy atom. The summed E-state index contributed by atoms with van der Waals surface area (Å²) in [5.41, 5.74) is 6.14. The minimum Gasteiger partial charge on any atom is -0.434 e. The maximum absolute atomic E-state index is 10.9. The smallest absolute Gasteiger partial charge is 0.427 e. The molecule has 0 fully saturated rings. The van der Waals surface area contributed by atoms with Gasteiger partial charge in [0.25, 0.3) is 0 Å². The van der Waals surface area contributed by atoms with E-state index in [9.17, 15) is 10.1 Å². The lowest BCUT2D eigenvalue weighted by atomic mass is 10.3. The van der Waals surface area contributed by atoms with Crippen molar-refractivity contribution in [2.24, 2.45) is 7.05 Å². The number of hydrogen-bond donors (Lipinski definition) is 1. The van der Waals surface area contributed by atoms with Crippen LogP contribution in [0.2, 0.25) is 0 Å². The van der Waals surface area contributed by atoms with E-state index in [-0.39, 0.29) is 11.7 Å². The van der Waals surface area contributed by atoms with E-state index in [0.29, 0.717) is 17.3 Å². The minimum atomic E-state index is -0.575. The normalized spacial score (nSPS) is 10.3. The van der Waals surface area contributed by atoms with Gasteiger partial charge in [-0.15, -0.1) is 0 Å². The number of nitrogen functional groups attached to an aromatic ring is 1. The molecule has 0 radical (unpaired) electrons. The second-order valence-corrected chi connectivity index (χ2v) is 3.78. The average molecular weight is 248 g/mol. The molecule has 0 unspecified atom stereocenters. The van der Waals surface area contributed by atoms with Gasteiger partial charge in [-0.3, -0.25) is 4.57 Å². The monoisotopic (exact) mass is 248 g/mol. The molecule has 1 aromatic carbocycles. The number of imidazole rings is 1. The summed E-state index contributed by atoms with van der Waals surface area (Å²) < 4.78 is 7.00. The number of ether oxygens (including phenoxy) is 1. The first-order valence-electron chi connectivity index (χ1n) is 5.20. The van der Waals surface area contributed by atoms with Crippen LogP contribution in [0.3, 0.4) is 0 Å². The highest BCUT2D eigenvalue weighted by molar-refractivity contribution is 5.46. The molecular weight excluding hydrogens is 236 g/mol. The predicted octanol–water partition coefficient (Wildman–Crippen LogP) is 2.01. The molecule has 2 aromatic rings. The van der Waals surface area contributed by atoms with Crippen molar-refractivity contribution < 1.29 is 9.66 Å². The summed E-state index contributed by atoms with van der Waals surface area (Å²) in [6, 6.07) is 6.67. The molecule has 0 saturated heterocycles. The molecule has 94 valence electrons. The molecule has 2 rings (SSSR count). The van der Waals surface area contributed by atoms with Gasteiger partial charge in [0.1, 0.15) is 5.75 Å². The third-order valence-electron chi connectivity index (χ3n) is 2.49. The molecule has 0 spiro atoms. The van der Waals surface area contributed by atoms with E-state index in [1.807, 2.05) is 0 Å². The van der Waals surface area contributed by atoms with Crippen LogP contribution in [0.5, 0.6) is 11.6 Å². The summed E-state index contributed by atoms with van der Waals surface area (Å²) in [7, 11) is 1.65. The van der Waals surface area contributed by atoms with Crippen molar-refractivity contribution in [3.63, 3.8) is 0 Å². The zero-order valence-electron chi connectivity index (χ0n) is 9.95. The van der Waals surface area contributed by atoms with Crippen molar-refractivity contribution in [1.82, 2.24) is 9.55 Å². The second kappa shape index (κ2) is 4.36. The fraction of sp³-hybridized carbons (Fsp3) is 0.182. The van der Waals surface area contributed by atoms with Gasteiger partial charge in [0.2, 0.25) is 5.82 Å². The summed E-state index contributed by atoms with van der Waals surface area (Å²) in [6.45, 7) is 1.67. The van der Waals surface area contributed by atoms with E-state index in [2.05, 4.69) is 4.98 Å². The van der Waals surface area contributed by atoms with Crippen molar-refractivity contribution in [1.29, 1.82) is 0 Å². The summed E-state index contributed by atoms with van der Waals surface area (Å²) in [5.74, 6) is 0.710. The van der Waals surface area contributed by atoms with Crippen molar-refractivity contribution in [2.45, 2.75) is 6.92 Å². The van der Waals surface area contributed by atoms with Gasteiger partial charge in [-0.2, -0.15) is 0 Å². The van der Waals surface area contributed by atoms with E-state index in [1.54, 1.807) is 38.2 Å². The lowest BCUT2D eigenvalue weighted by Gasteiger charge is -2.06. The third kappa shape index (κ3) is 2.10. The van der Waals surface area contributed by atoms with Crippen LogP contribution in [0.15, 0.2) is 24.3 Å². The van der Waals surface area contributed by atoms with Gasteiger partial charge in [-0.1, -0.05) is 6.07 Å². The number of rotatable bonds is 3. The van der Waals surface area contributed by atoms with Crippen molar-refractivity contribution in [2.75, 3.05) is 5.73 Å². The molecule has 0 aliphatic rings. The highest BCUT2D eigenvalue weighted by atomic mass is 16.6. The van der Waals surface area contributed by atoms with Gasteiger partial charge in [-0.05, 0) is 22.0 Å². The molecule has 1 aromatic heterocycles. The molecule has 0 aliphatic carbocycles. The van der Waals surface area contributed by atoms with Gasteiger partial charge in [0, 0.05) is 25.7 Å². The Kier molecular flexibility index (Phi) is 2.88. The fourth-order valence-electron chi connectivity index (χ4n) is 1.50. The van der Waals surface area contributed by atoms with E-state index in [0.717, 1.165) is 0 Å². The Morgan fingerprint density at radius 2 is 2.22 bits per heavy atom. The van der Waals surface area contributed by atoms with Crippen LogP contribution in [-0.4, -0.2) is 14.5 Å². The number of nitrogens with two attached hydrogens (primary N) is 1. The largest absolute Gasteiger partial charge is 0.434 e. The summed E-state index contributed by atoms with van der Waals surface area (Å²) in [4.78, 5) is 14.1. The maximum atomic E-state index is 10.9. The lowest BCUT2D eigenvalue weighted by Crippen LogP contribution is -1.98. The zero-order chi connectivity index (χ0) is 13.3. The molecule has 18 heavy (non-hydrogen) atoms. The average Bonchev–Trinajstić information content (AvgIpc) is 2.57. The number of benzene rings is 1. The number of nitrogens with zero attached hydrogens (tertiary/aromatic N) is 3. The minimum absolute atomic E-state index is 0.0862. The molecule has 0 bridgehead atoms. The van der Waals surface area contributed by atoms with Gasteiger partial charge in [0.05, 0.1) is 0 Å². The van der Waals surface area contributed by atoms with Gasteiger partial charge >= 0.3 is 11.7 Å². The fourth-order valence-corrected chi connectivity index (χ4v) is 1.50. The Bertz CT molecular complexity index is 606. The molecule has 7 heteroatoms. The quantitative estimate of drug-likeness (QED) is 0.509. The Morgan fingerprint density at radius 1 is 1.50 bits per heavy atom. The van der Waals surface area contributed by atoms with Crippen LogP contribution < -0.4 is 10.5 Å². The number of nitro groups is 1. The molecule has 2 N–H and O–H groups in total. The van der Waals surface area contributed by atoms with Crippen LogP contribution in [0.4, 0.5) is 11.5 Å². The lowest BCUT2D eigenvalue weighted by molar-refractivity contribution is -0.390. The van der Waals surface area contributed by atoms with Crippen molar-refractivity contribution in [3.8, 4) is 11.6 Å². The predicted molar refractivity (Wildman–Crippen MR) is 65.5 cm³/mol. The van der Waals surface area contributed by atoms with Gasteiger partial charge in [-0.25, -0.2) is 0 Å². The Labute approximate surface area is 103 Å². The van der Waals surface area contributed by atoms with Crippen LogP contribution in [0.25, 0.3) is 0 Å². The first-order valence-corrected chi connectivity index (χ1v) is 5.20. The highest BCUT2D eigenvalue weighted by Crippen LogP contribution is 2.31. The topological polar surface area (TPSA) is 96.2 Å².